The second kappa shape index (κ2) is 8.55. The molecule has 0 radical (unpaired) electrons. The molecule has 0 amide bonds. The molecule has 134 valence electrons. The first kappa shape index (κ1) is 18.8. The number of unbranched alkanes of at least 4 members (excludes halogenated alkanes) is 2. The minimum atomic E-state index is -0.446. The Bertz CT molecular complexity index is 554. The van der Waals surface area contributed by atoms with Crippen molar-refractivity contribution in [2.24, 2.45) is 11.8 Å². The lowest BCUT2D eigenvalue weighted by atomic mass is 9.71. The average Bonchev–Trinajstić information content (AvgIpc) is 2.54. The molecule has 0 aromatic heterocycles. The molecule has 2 rings (SSSR count). The zero-order valence-corrected chi connectivity index (χ0v) is 15.2. The summed E-state index contributed by atoms with van der Waals surface area (Å²) in [5, 5.41) is 21.1. The second-order valence-electron chi connectivity index (χ2n) is 7.44. The Balaban J connectivity index is 2.34. The highest BCUT2D eigenvalue weighted by Gasteiger charge is 2.32. The third-order valence-electron chi connectivity index (χ3n) is 5.30. The molecular formula is C21H31FO2. The minimum Gasteiger partial charge on any atom is -0.507 e. The molecule has 24 heavy (non-hydrogen) atoms. The van der Waals surface area contributed by atoms with Crippen molar-refractivity contribution in [1.29, 1.82) is 0 Å². The van der Waals surface area contributed by atoms with Gasteiger partial charge in [-0.25, -0.2) is 4.39 Å². The number of phenols is 2. The predicted molar refractivity (Wildman–Crippen MR) is 97.4 cm³/mol. The summed E-state index contributed by atoms with van der Waals surface area (Å²) in [6.45, 7) is 6.01. The Labute approximate surface area is 145 Å². The van der Waals surface area contributed by atoms with Gasteiger partial charge < -0.3 is 10.2 Å². The van der Waals surface area contributed by atoms with E-state index in [1.165, 1.54) is 0 Å². The zero-order chi connectivity index (χ0) is 17.7. The topological polar surface area (TPSA) is 40.5 Å². The number of alkyl halides is 1. The van der Waals surface area contributed by atoms with Gasteiger partial charge in [0.1, 0.15) is 18.2 Å². The number of hydrogen-bond acceptors (Lipinski definition) is 2. The Morgan fingerprint density at radius 1 is 1.17 bits per heavy atom. The van der Waals surface area contributed by atoms with Gasteiger partial charge in [0.05, 0.1) is 0 Å². The van der Waals surface area contributed by atoms with Crippen molar-refractivity contribution in [1.82, 2.24) is 0 Å². The highest BCUT2D eigenvalue weighted by Crippen LogP contribution is 2.46. The van der Waals surface area contributed by atoms with Gasteiger partial charge in [0, 0.05) is 11.5 Å². The molecule has 0 spiro atoms. The molecule has 3 heteroatoms. The quantitative estimate of drug-likeness (QED) is 0.483. The normalized spacial score (nSPS) is 21.1. The van der Waals surface area contributed by atoms with Crippen molar-refractivity contribution < 1.29 is 14.6 Å². The Hall–Kier alpha value is -1.51. The summed E-state index contributed by atoms with van der Waals surface area (Å²) < 4.78 is 13.1. The van der Waals surface area contributed by atoms with E-state index in [9.17, 15) is 14.6 Å². The van der Waals surface area contributed by atoms with Gasteiger partial charge in [-0.2, -0.15) is 0 Å². The van der Waals surface area contributed by atoms with Crippen LogP contribution in [0.3, 0.4) is 0 Å². The van der Waals surface area contributed by atoms with Crippen LogP contribution in [0.15, 0.2) is 23.8 Å². The lowest BCUT2D eigenvalue weighted by Gasteiger charge is -2.33. The van der Waals surface area contributed by atoms with Crippen LogP contribution in [0.4, 0.5) is 4.39 Å². The first-order valence-electron chi connectivity index (χ1n) is 9.28. The van der Waals surface area contributed by atoms with Crippen LogP contribution in [-0.4, -0.2) is 16.9 Å². The first-order valence-corrected chi connectivity index (χ1v) is 9.28. The zero-order valence-electron chi connectivity index (χ0n) is 15.2. The fourth-order valence-electron chi connectivity index (χ4n) is 3.89. The van der Waals surface area contributed by atoms with Crippen LogP contribution in [0.5, 0.6) is 11.5 Å². The highest BCUT2D eigenvalue weighted by molar-refractivity contribution is 5.51. The molecule has 2 N–H and O–H groups in total. The summed E-state index contributed by atoms with van der Waals surface area (Å²) in [7, 11) is 0. The van der Waals surface area contributed by atoms with Crippen molar-refractivity contribution in [2.45, 2.75) is 65.2 Å². The van der Waals surface area contributed by atoms with Gasteiger partial charge in [0.2, 0.25) is 0 Å². The number of benzene rings is 1. The lowest BCUT2D eigenvalue weighted by Crippen LogP contribution is -2.22. The van der Waals surface area contributed by atoms with Gasteiger partial charge in [0.25, 0.3) is 0 Å². The molecule has 2 nitrogen and oxygen atoms in total. The summed E-state index contributed by atoms with van der Waals surface area (Å²) >= 11 is 0. The van der Waals surface area contributed by atoms with Crippen molar-refractivity contribution >= 4 is 0 Å². The van der Waals surface area contributed by atoms with Crippen LogP contribution in [0.25, 0.3) is 0 Å². The van der Waals surface area contributed by atoms with Crippen molar-refractivity contribution in [3.05, 3.63) is 34.9 Å². The molecule has 1 aromatic rings. The third kappa shape index (κ3) is 4.31. The molecule has 0 bridgehead atoms. The summed E-state index contributed by atoms with van der Waals surface area (Å²) in [6, 6.07) is 3.55. The van der Waals surface area contributed by atoms with Crippen molar-refractivity contribution in [2.75, 3.05) is 6.67 Å². The maximum atomic E-state index is 13.1. The number of allylic oxidation sites excluding steroid dienone is 2. The van der Waals surface area contributed by atoms with Crippen molar-refractivity contribution in [3.63, 3.8) is 0 Å². The van der Waals surface area contributed by atoms with Crippen LogP contribution in [-0.2, 0) is 6.42 Å². The second-order valence-corrected chi connectivity index (χ2v) is 7.44. The van der Waals surface area contributed by atoms with E-state index < -0.39 is 6.67 Å². The highest BCUT2D eigenvalue weighted by atomic mass is 19.1. The number of phenolic OH excluding ortho intramolecular Hbond substituents is 2. The van der Waals surface area contributed by atoms with Gasteiger partial charge in [-0.15, -0.1) is 0 Å². The van der Waals surface area contributed by atoms with Crippen molar-refractivity contribution in [3.8, 4) is 11.5 Å². The predicted octanol–water partition coefficient (Wildman–Crippen LogP) is 5.88. The van der Waals surface area contributed by atoms with Crippen LogP contribution in [0.2, 0.25) is 0 Å². The SMILES string of the molecule is CCCCCc1cc(O)c(C2C=C(CF)CC[C@H]2C(C)C)c(O)c1. The summed E-state index contributed by atoms with van der Waals surface area (Å²) in [5.74, 6) is 0.898. The standard InChI is InChI=1S/C21H31FO2/c1-4-5-6-7-15-11-19(23)21(20(24)12-15)18-10-16(13-22)8-9-17(18)14(2)3/h10-12,14,17-18,23-24H,4-9,13H2,1-3H3/t17-,18?/m0/s1. The maximum Gasteiger partial charge on any atom is 0.123 e. The molecule has 0 heterocycles. The summed E-state index contributed by atoms with van der Waals surface area (Å²) in [4.78, 5) is 0. The van der Waals surface area contributed by atoms with Gasteiger partial charge in [-0.1, -0.05) is 39.7 Å². The lowest BCUT2D eigenvalue weighted by molar-refractivity contribution is 0.298. The van der Waals surface area contributed by atoms with Crippen LogP contribution in [0.1, 0.15) is 69.9 Å². The van der Waals surface area contributed by atoms with Gasteiger partial charge in [0.15, 0.2) is 0 Å². The molecule has 0 aliphatic heterocycles. The molecule has 1 aliphatic carbocycles. The van der Waals surface area contributed by atoms with E-state index in [0.29, 0.717) is 17.4 Å². The number of hydrogen-bond donors (Lipinski definition) is 2. The summed E-state index contributed by atoms with van der Waals surface area (Å²) in [5.41, 5.74) is 2.31. The number of halogens is 1. The van der Waals surface area contributed by atoms with E-state index in [1.54, 1.807) is 12.1 Å². The minimum absolute atomic E-state index is 0.116. The summed E-state index contributed by atoms with van der Waals surface area (Å²) in [6.07, 6.45) is 7.80. The number of rotatable bonds is 7. The largest absolute Gasteiger partial charge is 0.507 e. The first-order chi connectivity index (χ1) is 11.5. The molecule has 2 atom stereocenters. The fraction of sp³-hybridized carbons (Fsp3) is 0.619. The number of aryl methyl sites for hydroxylation is 1. The smallest absolute Gasteiger partial charge is 0.123 e. The Morgan fingerprint density at radius 3 is 2.38 bits per heavy atom. The van der Waals surface area contributed by atoms with Gasteiger partial charge >= 0.3 is 0 Å². The average molecular weight is 334 g/mol. The molecule has 0 fully saturated rings. The van der Waals surface area contributed by atoms with Gasteiger partial charge in [-0.3, -0.25) is 0 Å². The molecule has 0 saturated carbocycles. The van der Waals surface area contributed by atoms with E-state index >= 15 is 0 Å². The van der Waals surface area contributed by atoms with Crippen LogP contribution in [0, 0.1) is 11.8 Å². The third-order valence-corrected chi connectivity index (χ3v) is 5.30. The Morgan fingerprint density at radius 2 is 1.83 bits per heavy atom. The number of aromatic hydroxyl groups is 2. The molecule has 1 unspecified atom stereocenters. The van der Waals surface area contributed by atoms with Gasteiger partial charge in [-0.05, 0) is 60.8 Å². The molecule has 1 aliphatic rings. The van der Waals surface area contributed by atoms with E-state index in [1.807, 2.05) is 6.08 Å². The van der Waals surface area contributed by atoms with E-state index in [4.69, 9.17) is 0 Å². The molecule has 1 aromatic carbocycles. The molecule has 0 saturated heterocycles. The van der Waals surface area contributed by atoms with E-state index in [0.717, 1.165) is 49.7 Å². The van der Waals surface area contributed by atoms with E-state index in [-0.39, 0.29) is 17.4 Å². The fourth-order valence-corrected chi connectivity index (χ4v) is 3.89. The molecular weight excluding hydrogens is 303 g/mol. The van der Waals surface area contributed by atoms with Crippen LogP contribution >= 0.6 is 0 Å². The maximum absolute atomic E-state index is 13.1. The van der Waals surface area contributed by atoms with E-state index in [2.05, 4.69) is 20.8 Å². The van der Waals surface area contributed by atoms with Crippen LogP contribution < -0.4 is 0 Å². The Kier molecular flexibility index (Phi) is 6.70. The monoisotopic (exact) mass is 334 g/mol.